The topological polar surface area (TPSA) is 12.0 Å². The van der Waals surface area contributed by atoms with Crippen LogP contribution in [-0.2, 0) is 12.1 Å². The number of halogens is 5. The Bertz CT molecular complexity index is 421. The van der Waals surface area contributed by atoms with E-state index in [1.165, 1.54) is 6.07 Å². The molecular weight excluding hydrogens is 253 g/mol. The van der Waals surface area contributed by atoms with E-state index in [1.807, 2.05) is 0 Å². The van der Waals surface area contributed by atoms with Crippen molar-refractivity contribution in [2.45, 2.75) is 18.5 Å². The van der Waals surface area contributed by atoms with E-state index in [0.29, 0.717) is 12.6 Å². The van der Waals surface area contributed by atoms with E-state index in [4.69, 9.17) is 0 Å². The zero-order chi connectivity index (χ0) is 13.4. The first kappa shape index (κ1) is 13.3. The molecule has 2 rings (SSSR count). The number of rotatable bonds is 2. The number of benzene rings is 1. The molecule has 1 N–H and O–H groups in total. The highest BCUT2D eigenvalue weighted by molar-refractivity contribution is 5.34. The van der Waals surface area contributed by atoms with Gasteiger partial charge >= 0.3 is 6.18 Å². The summed E-state index contributed by atoms with van der Waals surface area (Å²) in [5.74, 6) is -4.55. The van der Waals surface area contributed by atoms with Crippen LogP contribution in [0.1, 0.15) is 17.5 Å². The summed E-state index contributed by atoms with van der Waals surface area (Å²) in [5.41, 5.74) is -2.17. The van der Waals surface area contributed by atoms with Gasteiger partial charge in [-0.05, 0) is 19.0 Å². The molecule has 1 heterocycles. The molecule has 0 radical (unpaired) electrons. The van der Waals surface area contributed by atoms with Crippen LogP contribution in [0.4, 0.5) is 22.0 Å². The van der Waals surface area contributed by atoms with Crippen LogP contribution in [0.15, 0.2) is 24.3 Å². The van der Waals surface area contributed by atoms with Crippen LogP contribution < -0.4 is 5.32 Å². The lowest BCUT2D eigenvalue weighted by molar-refractivity contribution is -0.144. The van der Waals surface area contributed by atoms with E-state index in [2.05, 4.69) is 5.32 Å². The van der Waals surface area contributed by atoms with E-state index in [1.54, 1.807) is 0 Å². The molecule has 18 heavy (non-hydrogen) atoms. The Hall–Kier alpha value is -1.17. The van der Waals surface area contributed by atoms with Crippen molar-refractivity contribution in [3.05, 3.63) is 35.4 Å². The van der Waals surface area contributed by atoms with E-state index in [-0.39, 0.29) is 13.0 Å². The average Bonchev–Trinajstić information content (AvgIpc) is 2.82. The SMILES string of the molecule is FC(F)(F)c1ccccc1C(F)(F)C1CCNC1. The zero-order valence-corrected chi connectivity index (χ0v) is 9.40. The summed E-state index contributed by atoms with van der Waals surface area (Å²) < 4.78 is 66.4. The minimum absolute atomic E-state index is 0.0409. The second kappa shape index (κ2) is 4.50. The molecule has 1 atom stereocenters. The van der Waals surface area contributed by atoms with Crippen molar-refractivity contribution in [1.29, 1.82) is 0 Å². The molecule has 0 aliphatic carbocycles. The lowest BCUT2D eigenvalue weighted by atomic mass is 9.90. The molecule has 1 saturated heterocycles. The van der Waals surface area contributed by atoms with Gasteiger partial charge in [0.15, 0.2) is 0 Å². The van der Waals surface area contributed by atoms with Crippen molar-refractivity contribution in [1.82, 2.24) is 5.32 Å². The summed E-state index contributed by atoms with van der Waals surface area (Å²) in [7, 11) is 0. The second-order valence-corrected chi connectivity index (χ2v) is 4.36. The maximum absolute atomic E-state index is 14.1. The Balaban J connectivity index is 2.43. The summed E-state index contributed by atoms with van der Waals surface area (Å²) in [5, 5.41) is 2.75. The monoisotopic (exact) mass is 265 g/mol. The summed E-state index contributed by atoms with van der Waals surface area (Å²) in [6.45, 7) is 0.452. The standard InChI is InChI=1S/C12H12F5N/c13-11(14,8-5-6-18-7-8)9-3-1-2-4-10(9)12(15,16)17/h1-4,8,18H,5-7H2. The van der Waals surface area contributed by atoms with Gasteiger partial charge in [0.1, 0.15) is 0 Å². The largest absolute Gasteiger partial charge is 0.416 e. The van der Waals surface area contributed by atoms with Crippen LogP contribution in [0.5, 0.6) is 0 Å². The summed E-state index contributed by atoms with van der Waals surface area (Å²) in [6, 6.07) is 3.89. The highest BCUT2D eigenvalue weighted by Gasteiger charge is 2.47. The van der Waals surface area contributed by atoms with Crippen LogP contribution >= 0.6 is 0 Å². The first-order valence-electron chi connectivity index (χ1n) is 5.58. The van der Waals surface area contributed by atoms with Gasteiger partial charge in [0.05, 0.1) is 5.56 Å². The summed E-state index contributed by atoms with van der Waals surface area (Å²) >= 11 is 0. The Labute approximate surface area is 101 Å². The third kappa shape index (κ3) is 2.34. The van der Waals surface area contributed by atoms with Crippen molar-refractivity contribution >= 4 is 0 Å². The van der Waals surface area contributed by atoms with Crippen LogP contribution in [0.25, 0.3) is 0 Å². The van der Waals surface area contributed by atoms with Crippen LogP contribution in [-0.4, -0.2) is 13.1 Å². The smallest absolute Gasteiger partial charge is 0.316 e. The predicted octanol–water partition coefficient (Wildman–Crippen LogP) is 3.41. The van der Waals surface area contributed by atoms with E-state index >= 15 is 0 Å². The van der Waals surface area contributed by atoms with Crippen molar-refractivity contribution in [3.63, 3.8) is 0 Å². The van der Waals surface area contributed by atoms with Crippen molar-refractivity contribution in [3.8, 4) is 0 Å². The molecule has 1 unspecified atom stereocenters. The van der Waals surface area contributed by atoms with Gasteiger partial charge in [0, 0.05) is 18.0 Å². The molecule has 0 aromatic heterocycles. The van der Waals surface area contributed by atoms with Gasteiger partial charge in [-0.3, -0.25) is 0 Å². The number of nitrogens with one attached hydrogen (secondary N) is 1. The van der Waals surface area contributed by atoms with Gasteiger partial charge in [0.2, 0.25) is 0 Å². The average molecular weight is 265 g/mol. The first-order chi connectivity index (χ1) is 8.33. The summed E-state index contributed by atoms with van der Waals surface area (Å²) in [4.78, 5) is 0. The van der Waals surface area contributed by atoms with Crippen LogP contribution in [0, 0.1) is 5.92 Å². The quantitative estimate of drug-likeness (QED) is 0.808. The molecule has 0 saturated carbocycles. The predicted molar refractivity (Wildman–Crippen MR) is 56.3 cm³/mol. The van der Waals surface area contributed by atoms with Gasteiger partial charge in [-0.2, -0.15) is 13.2 Å². The number of hydrogen-bond donors (Lipinski definition) is 1. The highest BCUT2D eigenvalue weighted by atomic mass is 19.4. The van der Waals surface area contributed by atoms with Gasteiger partial charge in [-0.1, -0.05) is 18.2 Å². The Morgan fingerprint density at radius 1 is 1.00 bits per heavy atom. The highest BCUT2D eigenvalue weighted by Crippen LogP contribution is 2.44. The molecule has 1 fully saturated rings. The molecular formula is C12H12F5N. The molecule has 0 spiro atoms. The Morgan fingerprint density at radius 3 is 2.11 bits per heavy atom. The zero-order valence-electron chi connectivity index (χ0n) is 9.40. The number of alkyl halides is 5. The van der Waals surface area contributed by atoms with E-state index < -0.39 is 29.1 Å². The first-order valence-corrected chi connectivity index (χ1v) is 5.58. The fourth-order valence-electron chi connectivity index (χ4n) is 2.20. The van der Waals surface area contributed by atoms with Crippen LogP contribution in [0.2, 0.25) is 0 Å². The Kier molecular flexibility index (Phi) is 3.31. The minimum Gasteiger partial charge on any atom is -0.316 e. The van der Waals surface area contributed by atoms with Crippen molar-refractivity contribution in [2.24, 2.45) is 5.92 Å². The number of hydrogen-bond acceptors (Lipinski definition) is 1. The van der Waals surface area contributed by atoms with Crippen molar-refractivity contribution < 1.29 is 22.0 Å². The van der Waals surface area contributed by atoms with E-state index in [0.717, 1.165) is 12.1 Å². The van der Waals surface area contributed by atoms with Gasteiger partial charge in [-0.15, -0.1) is 0 Å². The second-order valence-electron chi connectivity index (χ2n) is 4.36. The molecule has 100 valence electrons. The lowest BCUT2D eigenvalue weighted by Gasteiger charge is -2.25. The van der Waals surface area contributed by atoms with Crippen molar-refractivity contribution in [2.75, 3.05) is 13.1 Å². The maximum atomic E-state index is 14.1. The third-order valence-electron chi connectivity index (χ3n) is 3.16. The molecule has 1 aliphatic rings. The summed E-state index contributed by atoms with van der Waals surface area (Å²) in [6.07, 6.45) is -4.58. The molecule has 1 nitrogen and oxygen atoms in total. The van der Waals surface area contributed by atoms with Gasteiger partial charge in [-0.25, -0.2) is 8.78 Å². The molecule has 6 heteroatoms. The van der Waals surface area contributed by atoms with Gasteiger partial charge < -0.3 is 5.32 Å². The maximum Gasteiger partial charge on any atom is 0.416 e. The minimum atomic E-state index is -4.76. The molecule has 1 aromatic rings. The normalized spacial score (nSPS) is 21.3. The van der Waals surface area contributed by atoms with Gasteiger partial charge in [0.25, 0.3) is 5.92 Å². The third-order valence-corrected chi connectivity index (χ3v) is 3.16. The molecule has 1 aromatic carbocycles. The lowest BCUT2D eigenvalue weighted by Crippen LogP contribution is -2.30. The molecule has 0 bridgehead atoms. The fraction of sp³-hybridized carbons (Fsp3) is 0.500. The Morgan fingerprint density at radius 2 is 1.61 bits per heavy atom. The molecule has 1 aliphatic heterocycles. The molecule has 0 amide bonds. The van der Waals surface area contributed by atoms with Crippen LogP contribution in [0.3, 0.4) is 0 Å². The van der Waals surface area contributed by atoms with E-state index in [9.17, 15) is 22.0 Å². The fourth-order valence-corrected chi connectivity index (χ4v) is 2.20.